The maximum atomic E-state index is 12.9. The number of carbonyl (C=O) groups excluding carboxylic acids is 1. The van der Waals surface area contributed by atoms with E-state index in [-0.39, 0.29) is 13.2 Å². The van der Waals surface area contributed by atoms with E-state index in [4.69, 9.17) is 4.74 Å². The smallest absolute Gasteiger partial charge is 0.408 e. The Balaban J connectivity index is 1.11. The van der Waals surface area contributed by atoms with E-state index in [1.165, 1.54) is 4.57 Å². The van der Waals surface area contributed by atoms with Gasteiger partial charge in [-0.05, 0) is 49.8 Å². The minimum Gasteiger partial charge on any atom is -0.480 e. The molecule has 5 rings (SSSR count). The summed E-state index contributed by atoms with van der Waals surface area (Å²) in [6.45, 7) is 3.94. The number of fused-ring (bicyclic) bond motifs is 1. The Hall–Kier alpha value is -4.87. The van der Waals surface area contributed by atoms with Gasteiger partial charge in [0, 0.05) is 31.4 Å². The molecule has 12 nitrogen and oxygen atoms in total. The van der Waals surface area contributed by atoms with Crippen molar-refractivity contribution in [3.63, 3.8) is 0 Å². The van der Waals surface area contributed by atoms with Gasteiger partial charge in [-0.15, -0.1) is 0 Å². The third kappa shape index (κ3) is 7.25. The number of hydrogen-bond donors (Lipinski definition) is 4. The number of carboxylic acids is 1. The lowest BCUT2D eigenvalue weighted by atomic mass is 9.93. The maximum absolute atomic E-state index is 12.9. The summed E-state index contributed by atoms with van der Waals surface area (Å²) in [5.74, 6) is 0.649. The molecule has 0 spiro atoms. The Morgan fingerprint density at radius 3 is 2.57 bits per heavy atom. The molecular weight excluding hydrogens is 538 g/mol. The van der Waals surface area contributed by atoms with Crippen LogP contribution in [0.4, 0.5) is 16.6 Å². The van der Waals surface area contributed by atoms with Crippen LogP contribution in [0, 0.1) is 12.8 Å². The van der Waals surface area contributed by atoms with E-state index >= 15 is 0 Å². The number of aryl methyl sites for hydroxylation is 1. The lowest BCUT2D eigenvalue weighted by Crippen LogP contribution is -2.46. The average molecular weight is 574 g/mol. The molecule has 0 unspecified atom stereocenters. The Kier molecular flexibility index (Phi) is 9.00. The predicted octanol–water partition coefficient (Wildman–Crippen LogP) is 3.53. The second-order valence-corrected chi connectivity index (χ2v) is 10.5. The largest absolute Gasteiger partial charge is 0.480 e. The molecule has 3 heterocycles. The Labute approximate surface area is 242 Å². The first-order valence-corrected chi connectivity index (χ1v) is 14.1. The van der Waals surface area contributed by atoms with Gasteiger partial charge >= 0.3 is 17.8 Å². The molecule has 42 heavy (non-hydrogen) atoms. The van der Waals surface area contributed by atoms with E-state index in [0.717, 1.165) is 67.0 Å². The molecule has 0 radical (unpaired) electrons. The van der Waals surface area contributed by atoms with Crippen molar-refractivity contribution in [2.45, 2.75) is 45.4 Å². The van der Waals surface area contributed by atoms with Gasteiger partial charge in [-0.25, -0.2) is 19.4 Å². The summed E-state index contributed by atoms with van der Waals surface area (Å²) in [6.07, 6.45) is 3.68. The van der Waals surface area contributed by atoms with Crippen LogP contribution >= 0.6 is 0 Å². The molecule has 1 saturated heterocycles. The van der Waals surface area contributed by atoms with Crippen molar-refractivity contribution in [3.8, 4) is 0 Å². The molecule has 2 aromatic heterocycles. The number of aliphatic carboxylic acids is 1. The first-order valence-electron chi connectivity index (χ1n) is 14.1. The molecule has 0 saturated carbocycles. The van der Waals surface area contributed by atoms with Crippen molar-refractivity contribution in [1.29, 1.82) is 0 Å². The van der Waals surface area contributed by atoms with E-state index in [1.54, 1.807) is 18.3 Å². The number of alkyl carbamates (subject to hydrolysis) is 1. The minimum absolute atomic E-state index is 0.00280. The number of para-hydroxylation sites is 2. The first-order chi connectivity index (χ1) is 20.4. The van der Waals surface area contributed by atoms with Gasteiger partial charge in [-0.2, -0.15) is 4.98 Å². The maximum Gasteiger partial charge on any atom is 0.408 e. The molecule has 0 aliphatic carbocycles. The standard InChI is InChI=1S/C30H35N7O5/c1-20-17-37(18-25(27(38)39)34-30(41)42-19-22-7-3-2-4-8-22)29(40)35-26(20)36-15-12-21(13-16-36)11-14-31-28-32-23-9-5-6-10-24(23)33-28/h2-10,17,21,25H,11-16,18-19H2,1H3,(H,34,41)(H,38,39)(H2,31,32,33)/t25-/m0/s1. The zero-order chi connectivity index (χ0) is 29.5. The average Bonchev–Trinajstić information content (AvgIpc) is 3.41. The number of amides is 1. The lowest BCUT2D eigenvalue weighted by molar-refractivity contribution is -0.139. The number of H-pyrrole nitrogens is 1. The van der Waals surface area contributed by atoms with Gasteiger partial charge in [0.05, 0.1) is 17.6 Å². The fraction of sp³-hybridized carbons (Fsp3) is 0.367. The summed E-state index contributed by atoms with van der Waals surface area (Å²) in [4.78, 5) is 51.2. The number of anilines is 2. The molecule has 220 valence electrons. The number of nitrogens with one attached hydrogen (secondary N) is 3. The van der Waals surface area contributed by atoms with E-state index in [2.05, 4.69) is 30.5 Å². The van der Waals surface area contributed by atoms with Gasteiger partial charge in [0.2, 0.25) is 5.95 Å². The molecule has 1 fully saturated rings. The third-order valence-electron chi connectivity index (χ3n) is 7.48. The van der Waals surface area contributed by atoms with Crippen molar-refractivity contribution in [2.75, 3.05) is 29.9 Å². The van der Waals surface area contributed by atoms with Crippen LogP contribution in [0.1, 0.15) is 30.4 Å². The molecule has 0 bridgehead atoms. The second kappa shape index (κ2) is 13.2. The molecule has 12 heteroatoms. The van der Waals surface area contributed by atoms with Crippen LogP contribution in [-0.2, 0) is 22.7 Å². The lowest BCUT2D eigenvalue weighted by Gasteiger charge is -2.33. The SMILES string of the molecule is Cc1cn(C[C@H](NC(=O)OCc2ccccc2)C(=O)O)c(=O)nc1N1CCC(CCNc2nc3ccccc3[nH]2)CC1. The highest BCUT2D eigenvalue weighted by Crippen LogP contribution is 2.25. The van der Waals surface area contributed by atoms with Gasteiger partial charge in [-0.1, -0.05) is 42.5 Å². The van der Waals surface area contributed by atoms with Gasteiger partial charge in [0.25, 0.3) is 0 Å². The quantitative estimate of drug-likeness (QED) is 0.211. The Morgan fingerprint density at radius 2 is 1.83 bits per heavy atom. The highest BCUT2D eigenvalue weighted by atomic mass is 16.5. The number of aromatic nitrogens is 4. The number of imidazole rings is 1. The number of benzene rings is 2. The summed E-state index contributed by atoms with van der Waals surface area (Å²) in [6, 6.07) is 15.6. The van der Waals surface area contributed by atoms with Crippen LogP contribution in [0.15, 0.2) is 65.6 Å². The summed E-state index contributed by atoms with van der Waals surface area (Å²) in [5, 5.41) is 15.4. The first kappa shape index (κ1) is 28.7. The van der Waals surface area contributed by atoms with E-state index in [0.29, 0.717) is 11.7 Å². The van der Waals surface area contributed by atoms with E-state index in [1.807, 2.05) is 49.4 Å². The number of nitrogens with zero attached hydrogens (tertiary/aromatic N) is 4. The topological polar surface area (TPSA) is 154 Å². The molecule has 4 aromatic rings. The van der Waals surface area contributed by atoms with E-state index < -0.39 is 23.8 Å². The van der Waals surface area contributed by atoms with Crippen LogP contribution in [0.3, 0.4) is 0 Å². The third-order valence-corrected chi connectivity index (χ3v) is 7.48. The van der Waals surface area contributed by atoms with Crippen LogP contribution in [0.2, 0.25) is 0 Å². The molecule has 1 aliphatic rings. The molecule has 2 aromatic carbocycles. The molecule has 1 amide bonds. The van der Waals surface area contributed by atoms with Crippen molar-refractivity contribution in [2.24, 2.45) is 5.92 Å². The van der Waals surface area contributed by atoms with Gasteiger partial charge in [0.1, 0.15) is 18.5 Å². The number of carboxylic acid groups (broad SMARTS) is 1. The fourth-order valence-electron chi connectivity index (χ4n) is 5.19. The Bertz CT molecular complexity index is 1540. The molecule has 1 atom stereocenters. The monoisotopic (exact) mass is 573 g/mol. The highest BCUT2D eigenvalue weighted by Gasteiger charge is 2.25. The second-order valence-electron chi connectivity index (χ2n) is 10.5. The van der Waals surface area contributed by atoms with Gasteiger partial charge < -0.3 is 30.4 Å². The van der Waals surface area contributed by atoms with Crippen LogP contribution in [0.5, 0.6) is 0 Å². The van der Waals surface area contributed by atoms with Gasteiger partial charge in [-0.3, -0.25) is 4.57 Å². The summed E-state index contributed by atoms with van der Waals surface area (Å²) in [7, 11) is 0. The van der Waals surface area contributed by atoms with E-state index in [9.17, 15) is 19.5 Å². The predicted molar refractivity (Wildman–Crippen MR) is 159 cm³/mol. The minimum atomic E-state index is -1.36. The zero-order valence-electron chi connectivity index (χ0n) is 23.5. The van der Waals surface area contributed by atoms with Crippen LogP contribution < -0.4 is 21.2 Å². The number of ether oxygens (including phenoxy) is 1. The zero-order valence-corrected chi connectivity index (χ0v) is 23.5. The number of hydrogen-bond acceptors (Lipinski definition) is 8. The van der Waals surface area contributed by atoms with Crippen molar-refractivity contribution >= 4 is 34.9 Å². The van der Waals surface area contributed by atoms with Gasteiger partial charge in [0.15, 0.2) is 0 Å². The van der Waals surface area contributed by atoms with Crippen LogP contribution in [0.25, 0.3) is 11.0 Å². The van der Waals surface area contributed by atoms with Crippen LogP contribution in [-0.4, -0.2) is 62.4 Å². The fourth-order valence-corrected chi connectivity index (χ4v) is 5.19. The van der Waals surface area contributed by atoms with Crippen molar-refractivity contribution in [1.82, 2.24) is 24.8 Å². The summed E-state index contributed by atoms with van der Waals surface area (Å²) >= 11 is 0. The number of rotatable bonds is 11. The Morgan fingerprint density at radius 1 is 1.10 bits per heavy atom. The summed E-state index contributed by atoms with van der Waals surface area (Å²) < 4.78 is 6.35. The highest BCUT2D eigenvalue weighted by molar-refractivity contribution is 5.80. The number of piperidine rings is 1. The normalized spacial score (nSPS) is 14.5. The molecule has 4 N–H and O–H groups in total. The van der Waals surface area contributed by atoms with Crippen molar-refractivity contribution in [3.05, 3.63) is 82.4 Å². The molecule has 1 aliphatic heterocycles. The summed E-state index contributed by atoms with van der Waals surface area (Å²) in [5.41, 5.74) is 2.91. The van der Waals surface area contributed by atoms with Crippen molar-refractivity contribution < 1.29 is 19.4 Å². The number of aromatic amines is 1. The molecular formula is C30H35N7O5. The number of carbonyl (C=O) groups is 2.